The minimum Gasteiger partial charge on any atom is -0.309 e. The van der Waals surface area contributed by atoms with Crippen LogP contribution in [0.1, 0.15) is 16.5 Å². The van der Waals surface area contributed by atoms with E-state index < -0.39 is 0 Å². The first-order chi connectivity index (χ1) is 11.7. The Morgan fingerprint density at radius 1 is 0.917 bits per heavy atom. The van der Waals surface area contributed by atoms with Crippen LogP contribution in [0.4, 0.5) is 5.82 Å². The van der Waals surface area contributed by atoms with Crippen LogP contribution in [0.15, 0.2) is 83.8 Å². The van der Waals surface area contributed by atoms with Crippen molar-refractivity contribution in [2.24, 2.45) is 0 Å². The third-order valence-electron chi connectivity index (χ3n) is 3.48. The maximum Gasteiger partial charge on any atom is 0.243 e. The fourth-order valence-electron chi connectivity index (χ4n) is 2.34. The van der Waals surface area contributed by atoms with Crippen molar-refractivity contribution in [1.82, 2.24) is 4.98 Å². The molecule has 1 amide bonds. The van der Waals surface area contributed by atoms with Crippen LogP contribution >= 0.6 is 11.8 Å². The average Bonchev–Trinajstić information content (AvgIpc) is 2.61. The molecule has 0 fully saturated rings. The number of aromatic nitrogens is 1. The molecule has 0 saturated heterocycles. The Morgan fingerprint density at radius 2 is 1.58 bits per heavy atom. The van der Waals surface area contributed by atoms with E-state index in [1.54, 1.807) is 6.07 Å². The first kappa shape index (κ1) is 16.3. The summed E-state index contributed by atoms with van der Waals surface area (Å²) in [5, 5.41) is 2.59. The van der Waals surface area contributed by atoms with Gasteiger partial charge in [0.1, 0.15) is 11.1 Å². The number of amides is 1. The smallest absolute Gasteiger partial charge is 0.243 e. The summed E-state index contributed by atoms with van der Waals surface area (Å²) in [5.41, 5.74) is 1.84. The molecule has 0 saturated carbocycles. The third-order valence-corrected chi connectivity index (χ3v) is 4.74. The highest BCUT2D eigenvalue weighted by Crippen LogP contribution is 2.35. The van der Waals surface area contributed by atoms with Crippen molar-refractivity contribution in [2.75, 3.05) is 5.32 Å². The van der Waals surface area contributed by atoms with E-state index in [2.05, 4.69) is 10.3 Å². The van der Waals surface area contributed by atoms with E-state index in [1.807, 2.05) is 79.7 Å². The van der Waals surface area contributed by atoms with E-state index in [9.17, 15) is 4.79 Å². The monoisotopic (exact) mass is 334 g/mol. The average molecular weight is 334 g/mol. The van der Waals surface area contributed by atoms with E-state index in [0.29, 0.717) is 5.82 Å². The number of thioether (sulfide) groups is 1. The summed E-state index contributed by atoms with van der Waals surface area (Å²) in [6.07, 6.45) is 0. The number of anilines is 1. The zero-order valence-electron chi connectivity index (χ0n) is 13.3. The molecule has 0 aliphatic carbocycles. The molecule has 0 radical (unpaired) electrons. The topological polar surface area (TPSA) is 42.0 Å². The number of pyridine rings is 1. The van der Waals surface area contributed by atoms with E-state index in [0.717, 1.165) is 16.2 Å². The molecule has 1 N–H and O–H groups in total. The lowest BCUT2D eigenvalue weighted by Crippen LogP contribution is -2.19. The third kappa shape index (κ3) is 4.24. The second-order valence-electron chi connectivity index (χ2n) is 5.38. The van der Waals surface area contributed by atoms with Crippen molar-refractivity contribution >= 4 is 23.5 Å². The van der Waals surface area contributed by atoms with Crippen LogP contribution in [-0.4, -0.2) is 10.9 Å². The van der Waals surface area contributed by atoms with Gasteiger partial charge < -0.3 is 5.32 Å². The van der Waals surface area contributed by atoms with Gasteiger partial charge >= 0.3 is 0 Å². The summed E-state index contributed by atoms with van der Waals surface area (Å²) < 4.78 is 0. The Morgan fingerprint density at radius 3 is 2.25 bits per heavy atom. The zero-order valence-corrected chi connectivity index (χ0v) is 14.2. The Kier molecular flexibility index (Phi) is 5.29. The molecule has 1 unspecified atom stereocenters. The lowest BCUT2D eigenvalue weighted by Gasteiger charge is -2.17. The summed E-state index contributed by atoms with van der Waals surface area (Å²) in [4.78, 5) is 18.3. The predicted molar refractivity (Wildman–Crippen MR) is 99.1 cm³/mol. The number of nitrogens with one attached hydrogen (secondary N) is 1. The molecular formula is C20H18N2OS. The number of aryl methyl sites for hydroxylation is 1. The molecule has 3 nitrogen and oxygen atoms in total. The SMILES string of the molecule is Cc1cccc(NC(=O)C(Sc2ccccc2)c2ccccc2)n1. The number of rotatable bonds is 5. The Bertz CT molecular complexity index is 806. The van der Waals surface area contributed by atoms with Crippen LogP contribution in [0.25, 0.3) is 0 Å². The van der Waals surface area contributed by atoms with Crippen LogP contribution in [-0.2, 0) is 4.79 Å². The van der Waals surface area contributed by atoms with Crippen molar-refractivity contribution in [3.63, 3.8) is 0 Å². The molecular weight excluding hydrogens is 316 g/mol. The number of benzene rings is 2. The summed E-state index contributed by atoms with van der Waals surface area (Å²) in [6.45, 7) is 1.91. The molecule has 1 heterocycles. The molecule has 24 heavy (non-hydrogen) atoms. The van der Waals surface area contributed by atoms with Crippen molar-refractivity contribution in [3.8, 4) is 0 Å². The molecule has 4 heteroatoms. The molecule has 1 aromatic heterocycles. The molecule has 0 aliphatic heterocycles. The van der Waals surface area contributed by atoms with Crippen molar-refractivity contribution in [3.05, 3.63) is 90.1 Å². The van der Waals surface area contributed by atoms with Crippen molar-refractivity contribution in [1.29, 1.82) is 0 Å². The van der Waals surface area contributed by atoms with Gasteiger partial charge in [-0.3, -0.25) is 4.79 Å². The van der Waals surface area contributed by atoms with Gasteiger partial charge in [-0.05, 0) is 36.8 Å². The van der Waals surface area contributed by atoms with Crippen molar-refractivity contribution in [2.45, 2.75) is 17.1 Å². The van der Waals surface area contributed by atoms with Crippen LogP contribution in [0.2, 0.25) is 0 Å². The quantitative estimate of drug-likeness (QED) is 0.677. The predicted octanol–water partition coefficient (Wildman–Crippen LogP) is 4.86. The van der Waals surface area contributed by atoms with Crippen LogP contribution in [0, 0.1) is 6.92 Å². The number of hydrogen-bond acceptors (Lipinski definition) is 3. The number of carbonyl (C=O) groups is 1. The first-order valence-electron chi connectivity index (χ1n) is 7.73. The normalized spacial score (nSPS) is 11.7. The van der Waals surface area contributed by atoms with Crippen LogP contribution in [0.3, 0.4) is 0 Å². The largest absolute Gasteiger partial charge is 0.309 e. The van der Waals surface area contributed by atoms with Crippen LogP contribution < -0.4 is 5.32 Å². The number of nitrogens with zero attached hydrogens (tertiary/aromatic N) is 1. The Labute approximate surface area is 146 Å². The molecule has 0 spiro atoms. The Hall–Kier alpha value is -2.59. The minimum atomic E-state index is -0.337. The number of hydrogen-bond donors (Lipinski definition) is 1. The molecule has 1 atom stereocenters. The van der Waals surface area contributed by atoms with Gasteiger partial charge in [-0.15, -0.1) is 11.8 Å². The minimum absolute atomic E-state index is 0.0758. The fraction of sp³-hybridized carbons (Fsp3) is 0.100. The maximum atomic E-state index is 12.9. The van der Waals surface area contributed by atoms with E-state index >= 15 is 0 Å². The maximum absolute atomic E-state index is 12.9. The lowest BCUT2D eigenvalue weighted by atomic mass is 10.1. The van der Waals surface area contributed by atoms with Gasteiger partial charge in [-0.25, -0.2) is 4.98 Å². The second kappa shape index (κ2) is 7.79. The van der Waals surface area contributed by atoms with Gasteiger partial charge in [0.05, 0.1) is 0 Å². The van der Waals surface area contributed by atoms with E-state index in [4.69, 9.17) is 0 Å². The summed E-state index contributed by atoms with van der Waals surface area (Å²) in [7, 11) is 0. The van der Waals surface area contributed by atoms with Gasteiger partial charge in [0.25, 0.3) is 0 Å². The molecule has 3 aromatic rings. The molecule has 0 bridgehead atoms. The Balaban J connectivity index is 1.85. The fourth-order valence-corrected chi connectivity index (χ4v) is 3.39. The standard InChI is InChI=1S/C20H18N2OS/c1-15-9-8-14-18(21-15)22-20(23)19(16-10-4-2-5-11-16)24-17-12-6-3-7-13-17/h2-14,19H,1H3,(H,21,22,23). The van der Waals surface area contributed by atoms with Gasteiger partial charge in [-0.2, -0.15) is 0 Å². The van der Waals surface area contributed by atoms with E-state index in [-0.39, 0.29) is 11.2 Å². The van der Waals surface area contributed by atoms with Gasteiger partial charge in [0.15, 0.2) is 0 Å². The highest BCUT2D eigenvalue weighted by Gasteiger charge is 2.22. The summed E-state index contributed by atoms with van der Waals surface area (Å²) in [5.74, 6) is 0.503. The van der Waals surface area contributed by atoms with Gasteiger partial charge in [0.2, 0.25) is 5.91 Å². The first-order valence-corrected chi connectivity index (χ1v) is 8.61. The number of carbonyl (C=O) groups excluding carboxylic acids is 1. The lowest BCUT2D eigenvalue weighted by molar-refractivity contribution is -0.115. The summed E-state index contributed by atoms with van der Waals surface area (Å²) >= 11 is 1.53. The van der Waals surface area contributed by atoms with Crippen LogP contribution in [0.5, 0.6) is 0 Å². The van der Waals surface area contributed by atoms with E-state index in [1.165, 1.54) is 11.8 Å². The van der Waals surface area contributed by atoms with Gasteiger partial charge in [0, 0.05) is 10.6 Å². The molecule has 2 aromatic carbocycles. The highest BCUT2D eigenvalue weighted by atomic mass is 32.2. The van der Waals surface area contributed by atoms with Crippen molar-refractivity contribution < 1.29 is 4.79 Å². The highest BCUT2D eigenvalue weighted by molar-refractivity contribution is 8.00. The second-order valence-corrected chi connectivity index (χ2v) is 6.55. The zero-order chi connectivity index (χ0) is 16.8. The molecule has 120 valence electrons. The van der Waals surface area contributed by atoms with Gasteiger partial charge in [-0.1, -0.05) is 54.6 Å². The summed E-state index contributed by atoms with van der Waals surface area (Å²) in [6, 6.07) is 25.4. The molecule has 0 aliphatic rings. The molecule has 3 rings (SSSR count).